The van der Waals surface area contributed by atoms with Gasteiger partial charge in [-0.05, 0) is 5.75 Å². The number of aliphatic hydroxyl groups is 1. The summed E-state index contributed by atoms with van der Waals surface area (Å²) in [4.78, 5) is 16.9. The van der Waals surface area contributed by atoms with E-state index < -0.39 is 31.2 Å². The van der Waals surface area contributed by atoms with Gasteiger partial charge in [-0.2, -0.15) is 0 Å². The van der Waals surface area contributed by atoms with Gasteiger partial charge in [0.1, 0.15) is 0 Å². The normalized spacial score (nSPS) is 11.8. The summed E-state index contributed by atoms with van der Waals surface area (Å²) in [5, 5.41) is 16.5. The van der Waals surface area contributed by atoms with E-state index in [1.165, 1.54) is 0 Å². The number of aliphatic carboxylic acids is 1. The average molecular weight is 300 g/mol. The second kappa shape index (κ2) is 9.67. The molecule has 0 aromatic heterocycles. The van der Waals surface area contributed by atoms with Crippen molar-refractivity contribution in [1.82, 2.24) is 0 Å². The molecule has 0 aromatic rings. The molecule has 0 heterocycles. The van der Waals surface area contributed by atoms with E-state index >= 15 is 0 Å². The van der Waals surface area contributed by atoms with Crippen molar-refractivity contribution in [2.45, 2.75) is 27.2 Å². The number of hydrogen-bond donors (Lipinski definition) is 2. The van der Waals surface area contributed by atoms with Crippen LogP contribution in [0.25, 0.3) is 0 Å². The molecule has 0 rings (SSSR count). The van der Waals surface area contributed by atoms with Crippen molar-refractivity contribution in [3.63, 3.8) is 0 Å². The van der Waals surface area contributed by atoms with Crippen LogP contribution in [0.1, 0.15) is 6.92 Å². The van der Waals surface area contributed by atoms with E-state index in [4.69, 9.17) is 10.2 Å². The third-order valence-electron chi connectivity index (χ3n) is 0.536. The van der Waals surface area contributed by atoms with Gasteiger partial charge in [-0.25, -0.2) is 4.79 Å². The Morgan fingerprint density at radius 3 is 1.92 bits per heavy atom. The summed E-state index contributed by atoms with van der Waals surface area (Å²) in [6.45, 7) is 1.79. The third-order valence-corrected chi connectivity index (χ3v) is 1.39. The Hall–Kier alpha value is 0.579. The molecule has 1 unspecified atom stereocenters. The molecule has 0 amide bonds. The maximum atomic E-state index is 9.82. The Labute approximate surface area is 85.3 Å². The van der Waals surface area contributed by atoms with Crippen LogP contribution in [-0.2, 0) is 4.79 Å². The van der Waals surface area contributed by atoms with Crippen molar-refractivity contribution in [3.8, 4) is 0 Å². The second-order valence-electron chi connectivity index (χ2n) is 2.65. The summed E-state index contributed by atoms with van der Waals surface area (Å²) in [5.74, 6) is -0.551. The molecule has 0 fully saturated rings. The first kappa shape index (κ1) is 15.1. The van der Waals surface area contributed by atoms with Crippen LogP contribution in [-0.4, -0.2) is 47.1 Å². The summed E-state index contributed by atoms with van der Waals surface area (Å²) >= 11 is 0.452. The Kier molecular flexibility index (Phi) is 12.1. The molecule has 0 aromatic carbocycles. The standard InChI is InChI=1S/C4H8O3S.3CH3.Sn/c1-2-8-4(7)3(5)6;;;;/h4,7H,2H2,1H3,(H,5,6);3*1H3;. The monoisotopic (exact) mass is 301 g/mol. The van der Waals surface area contributed by atoms with Crippen molar-refractivity contribution < 1.29 is 15.0 Å². The molecule has 0 saturated carbocycles. The van der Waals surface area contributed by atoms with Gasteiger partial charge in [0.05, 0.1) is 0 Å². The second-order valence-corrected chi connectivity index (χ2v) is 12.6. The van der Waals surface area contributed by atoms with E-state index in [1.54, 1.807) is 6.92 Å². The van der Waals surface area contributed by atoms with E-state index in [2.05, 4.69) is 14.8 Å². The molecule has 0 aliphatic heterocycles. The predicted molar refractivity (Wildman–Crippen MR) is 55.1 cm³/mol. The summed E-state index contributed by atoms with van der Waals surface area (Å²) in [5.41, 5.74) is -1.25. The maximum absolute atomic E-state index is 9.82. The summed E-state index contributed by atoms with van der Waals surface area (Å²) in [6.07, 6.45) is 0. The van der Waals surface area contributed by atoms with Crippen LogP contribution in [0.4, 0.5) is 0 Å². The van der Waals surface area contributed by atoms with E-state index in [9.17, 15) is 4.79 Å². The van der Waals surface area contributed by atoms with Gasteiger partial charge in [0.15, 0.2) is 5.44 Å². The van der Waals surface area contributed by atoms with E-state index in [0.29, 0.717) is 5.75 Å². The topological polar surface area (TPSA) is 57.5 Å². The van der Waals surface area contributed by atoms with Crippen LogP contribution < -0.4 is 0 Å². The summed E-state index contributed by atoms with van der Waals surface area (Å²) in [7, 11) is 0. The molecule has 5 heteroatoms. The Morgan fingerprint density at radius 2 is 1.83 bits per heavy atom. The van der Waals surface area contributed by atoms with Crippen LogP contribution in [0, 0.1) is 0 Å². The number of rotatable bonds is 3. The van der Waals surface area contributed by atoms with Gasteiger partial charge in [0, 0.05) is 0 Å². The van der Waals surface area contributed by atoms with Gasteiger partial charge >= 0.3 is 40.5 Å². The molecule has 0 bridgehead atoms. The quantitative estimate of drug-likeness (QED) is 0.613. The van der Waals surface area contributed by atoms with Crippen molar-refractivity contribution in [3.05, 3.63) is 0 Å². The Bertz CT molecular complexity index is 116. The number of aliphatic hydroxyl groups excluding tert-OH is 1. The molecule has 73 valence electrons. The van der Waals surface area contributed by atoms with Gasteiger partial charge in [-0.1, -0.05) is 6.92 Å². The average Bonchev–Trinajstić information content (AvgIpc) is 1.86. The zero-order valence-electron chi connectivity index (χ0n) is 8.00. The summed E-state index contributed by atoms with van der Waals surface area (Å²) < 4.78 is 0. The fourth-order valence-electron chi connectivity index (χ4n) is 0.229. The number of hydrogen-bond acceptors (Lipinski definition) is 3. The molecule has 3 nitrogen and oxygen atoms in total. The van der Waals surface area contributed by atoms with Crippen molar-refractivity contribution in [1.29, 1.82) is 0 Å². The van der Waals surface area contributed by atoms with Gasteiger partial charge in [-0.3, -0.25) is 0 Å². The molecule has 1 radical (unpaired) electrons. The molecule has 0 aliphatic rings. The molecule has 0 aliphatic carbocycles. The van der Waals surface area contributed by atoms with E-state index in [0.717, 1.165) is 11.8 Å². The SMILES string of the molecule is CCSC(O)C(=O)O.[CH3][Sn]([CH3])[CH3]. The molecular weight excluding hydrogens is 283 g/mol. The van der Waals surface area contributed by atoms with Crippen molar-refractivity contribution in [2.75, 3.05) is 5.75 Å². The zero-order chi connectivity index (χ0) is 10.1. The molecule has 12 heavy (non-hydrogen) atoms. The minimum absolute atomic E-state index is 0.543. The van der Waals surface area contributed by atoms with Crippen LogP contribution in [0.3, 0.4) is 0 Å². The fourth-order valence-corrected chi connectivity index (χ4v) is 0.687. The summed E-state index contributed by atoms with van der Waals surface area (Å²) in [6, 6.07) is 0. The first-order chi connectivity index (χ1) is 5.41. The molecular formula is C7H17O3SSn. The molecule has 2 N–H and O–H groups in total. The third kappa shape index (κ3) is 16.9. The van der Waals surface area contributed by atoms with Crippen LogP contribution in [0.2, 0.25) is 14.8 Å². The predicted octanol–water partition coefficient (Wildman–Crippen LogP) is 1.51. The Morgan fingerprint density at radius 1 is 1.50 bits per heavy atom. The molecule has 0 saturated heterocycles. The van der Waals surface area contributed by atoms with E-state index in [1.807, 2.05) is 0 Å². The fraction of sp³-hybridized carbons (Fsp3) is 0.857. The van der Waals surface area contributed by atoms with Crippen LogP contribution in [0.5, 0.6) is 0 Å². The first-order valence-corrected chi connectivity index (χ1v) is 13.3. The van der Waals surface area contributed by atoms with E-state index in [-0.39, 0.29) is 0 Å². The zero-order valence-corrected chi connectivity index (χ0v) is 11.7. The Balaban J connectivity index is 0. The number of carboxylic acids is 1. The molecule has 0 spiro atoms. The van der Waals surface area contributed by atoms with Gasteiger partial charge in [0.25, 0.3) is 0 Å². The molecule has 1 atom stereocenters. The first-order valence-electron chi connectivity index (χ1n) is 3.71. The number of carbonyl (C=O) groups is 1. The van der Waals surface area contributed by atoms with Crippen LogP contribution in [0.15, 0.2) is 0 Å². The van der Waals surface area contributed by atoms with Crippen molar-refractivity contribution >= 4 is 37.5 Å². The number of carboxylic acid groups (broad SMARTS) is 1. The number of thioether (sulfide) groups is 1. The van der Waals surface area contributed by atoms with Crippen LogP contribution >= 0.6 is 11.8 Å². The minimum atomic E-state index is -1.25. The van der Waals surface area contributed by atoms with Gasteiger partial charge in [-0.15, -0.1) is 11.8 Å². The van der Waals surface area contributed by atoms with Gasteiger partial charge < -0.3 is 10.2 Å². The van der Waals surface area contributed by atoms with Crippen molar-refractivity contribution in [2.24, 2.45) is 0 Å². The van der Waals surface area contributed by atoms with Gasteiger partial charge in [0.2, 0.25) is 0 Å².